The first-order chi connectivity index (χ1) is 9.70. The Kier molecular flexibility index (Phi) is 5.24. The monoisotopic (exact) mass is 274 g/mol. The molecule has 108 valence electrons. The molecule has 0 fully saturated rings. The highest BCUT2D eigenvalue weighted by molar-refractivity contribution is 5.51. The van der Waals surface area contributed by atoms with Gasteiger partial charge in [-0.05, 0) is 43.4 Å². The summed E-state index contributed by atoms with van der Waals surface area (Å²) in [5, 5.41) is 4.00. The van der Waals surface area contributed by atoms with Gasteiger partial charge in [0.15, 0.2) is 0 Å². The van der Waals surface area contributed by atoms with Crippen molar-refractivity contribution in [2.75, 3.05) is 6.54 Å². The fourth-order valence-electron chi connectivity index (χ4n) is 2.30. The van der Waals surface area contributed by atoms with Gasteiger partial charge in [-0.3, -0.25) is 4.98 Å². The number of aryl methyl sites for hydroxylation is 1. The third kappa shape index (κ3) is 3.87. The summed E-state index contributed by atoms with van der Waals surface area (Å²) in [7, 11) is 0. The summed E-state index contributed by atoms with van der Waals surface area (Å²) in [5.74, 6) is 2.52. The topological polar surface area (TPSA) is 77.8 Å². The molecule has 5 nitrogen and oxygen atoms in total. The van der Waals surface area contributed by atoms with Gasteiger partial charge >= 0.3 is 0 Å². The van der Waals surface area contributed by atoms with Crippen molar-refractivity contribution in [3.63, 3.8) is 0 Å². The van der Waals surface area contributed by atoms with E-state index in [0.29, 0.717) is 23.6 Å². The highest BCUT2D eigenvalue weighted by atomic mass is 16.5. The van der Waals surface area contributed by atoms with E-state index in [2.05, 4.69) is 29.0 Å². The molecular formula is C15H22N4O. The number of hydrogen-bond donors (Lipinski definition) is 1. The number of nitrogens with zero attached hydrogens (tertiary/aromatic N) is 3. The summed E-state index contributed by atoms with van der Waals surface area (Å²) in [6.45, 7) is 5.19. The average Bonchev–Trinajstić information content (AvgIpc) is 2.93. The van der Waals surface area contributed by atoms with E-state index < -0.39 is 0 Å². The van der Waals surface area contributed by atoms with E-state index >= 15 is 0 Å². The lowest BCUT2D eigenvalue weighted by Crippen LogP contribution is -2.15. The normalized spacial score (nSPS) is 12.8. The number of nitrogens with two attached hydrogens (primary N) is 1. The maximum Gasteiger partial charge on any atom is 0.226 e. The first kappa shape index (κ1) is 14.7. The lowest BCUT2D eigenvalue weighted by Gasteiger charge is -2.18. The van der Waals surface area contributed by atoms with E-state index in [0.717, 1.165) is 31.4 Å². The fraction of sp³-hybridized carbons (Fsp3) is 0.533. The van der Waals surface area contributed by atoms with Gasteiger partial charge in [0, 0.05) is 24.4 Å². The van der Waals surface area contributed by atoms with Gasteiger partial charge in [-0.15, -0.1) is 0 Å². The largest absolute Gasteiger partial charge is 0.339 e. The van der Waals surface area contributed by atoms with Gasteiger partial charge in [-0.1, -0.05) is 19.0 Å². The van der Waals surface area contributed by atoms with Gasteiger partial charge in [-0.25, -0.2) is 0 Å². The molecule has 2 aromatic heterocycles. The SMILES string of the molecule is CC(C)C(CCN)CCc1nc(-c2cccnc2)no1. The van der Waals surface area contributed by atoms with E-state index in [4.69, 9.17) is 10.3 Å². The predicted molar refractivity (Wildman–Crippen MR) is 77.8 cm³/mol. The zero-order valence-electron chi connectivity index (χ0n) is 12.1. The van der Waals surface area contributed by atoms with Crippen molar-refractivity contribution < 1.29 is 4.52 Å². The van der Waals surface area contributed by atoms with E-state index in [1.54, 1.807) is 12.4 Å². The van der Waals surface area contributed by atoms with E-state index in [1.165, 1.54) is 0 Å². The molecule has 2 N–H and O–H groups in total. The van der Waals surface area contributed by atoms with Gasteiger partial charge in [0.25, 0.3) is 0 Å². The molecule has 2 heterocycles. The number of aromatic nitrogens is 3. The van der Waals surface area contributed by atoms with Crippen molar-refractivity contribution >= 4 is 0 Å². The molecule has 20 heavy (non-hydrogen) atoms. The molecule has 0 amide bonds. The molecule has 1 atom stereocenters. The van der Waals surface area contributed by atoms with Crippen molar-refractivity contribution in [3.05, 3.63) is 30.4 Å². The highest BCUT2D eigenvalue weighted by Gasteiger charge is 2.15. The lowest BCUT2D eigenvalue weighted by atomic mass is 9.88. The summed E-state index contributed by atoms with van der Waals surface area (Å²) in [6.07, 6.45) is 6.34. The Bertz CT molecular complexity index is 510. The van der Waals surface area contributed by atoms with E-state index in [9.17, 15) is 0 Å². The van der Waals surface area contributed by atoms with Crippen LogP contribution in [0.1, 0.15) is 32.6 Å². The van der Waals surface area contributed by atoms with Crippen LogP contribution in [0.5, 0.6) is 0 Å². The minimum absolute atomic E-state index is 0.605. The minimum Gasteiger partial charge on any atom is -0.339 e. The Hall–Kier alpha value is -1.75. The molecule has 0 saturated heterocycles. The number of pyridine rings is 1. The second kappa shape index (κ2) is 7.14. The van der Waals surface area contributed by atoms with Crippen molar-refractivity contribution in [1.82, 2.24) is 15.1 Å². The van der Waals surface area contributed by atoms with Crippen LogP contribution >= 0.6 is 0 Å². The van der Waals surface area contributed by atoms with Crippen LogP contribution in [0.25, 0.3) is 11.4 Å². The Labute approximate surface area is 119 Å². The summed E-state index contributed by atoms with van der Waals surface area (Å²) in [5.41, 5.74) is 6.54. The Balaban J connectivity index is 1.96. The van der Waals surface area contributed by atoms with Gasteiger partial charge in [0.2, 0.25) is 11.7 Å². The maximum atomic E-state index is 5.66. The van der Waals surface area contributed by atoms with E-state index in [-0.39, 0.29) is 0 Å². The Morgan fingerprint density at radius 2 is 2.15 bits per heavy atom. The summed E-state index contributed by atoms with van der Waals surface area (Å²) >= 11 is 0. The van der Waals surface area contributed by atoms with Gasteiger partial charge < -0.3 is 10.3 Å². The zero-order valence-corrected chi connectivity index (χ0v) is 12.1. The van der Waals surface area contributed by atoms with Crippen LogP contribution < -0.4 is 5.73 Å². The molecule has 0 aromatic carbocycles. The third-order valence-corrected chi connectivity index (χ3v) is 3.60. The lowest BCUT2D eigenvalue weighted by molar-refractivity contribution is 0.313. The fourth-order valence-corrected chi connectivity index (χ4v) is 2.30. The minimum atomic E-state index is 0.605. The van der Waals surface area contributed by atoms with Crippen molar-refractivity contribution in [2.45, 2.75) is 33.1 Å². The quantitative estimate of drug-likeness (QED) is 0.839. The van der Waals surface area contributed by atoms with Crippen LogP contribution in [0, 0.1) is 11.8 Å². The Morgan fingerprint density at radius 1 is 1.30 bits per heavy atom. The molecule has 0 aliphatic heterocycles. The molecule has 2 rings (SSSR count). The van der Waals surface area contributed by atoms with Gasteiger partial charge in [0.1, 0.15) is 0 Å². The van der Waals surface area contributed by atoms with Crippen molar-refractivity contribution in [1.29, 1.82) is 0 Å². The zero-order chi connectivity index (χ0) is 14.4. The molecule has 5 heteroatoms. The number of hydrogen-bond acceptors (Lipinski definition) is 5. The van der Waals surface area contributed by atoms with Gasteiger partial charge in [-0.2, -0.15) is 4.98 Å². The smallest absolute Gasteiger partial charge is 0.226 e. The second-order valence-corrected chi connectivity index (χ2v) is 5.37. The summed E-state index contributed by atoms with van der Waals surface area (Å²) in [6, 6.07) is 3.79. The van der Waals surface area contributed by atoms with Gasteiger partial charge in [0.05, 0.1) is 0 Å². The molecule has 1 unspecified atom stereocenters. The molecule has 0 aliphatic carbocycles. The van der Waals surface area contributed by atoms with Crippen LogP contribution in [-0.4, -0.2) is 21.7 Å². The third-order valence-electron chi connectivity index (χ3n) is 3.60. The van der Waals surface area contributed by atoms with Crippen LogP contribution in [0.4, 0.5) is 0 Å². The van der Waals surface area contributed by atoms with E-state index in [1.807, 2.05) is 12.1 Å². The second-order valence-electron chi connectivity index (χ2n) is 5.37. The summed E-state index contributed by atoms with van der Waals surface area (Å²) < 4.78 is 5.31. The standard InChI is InChI=1S/C15H22N4O/c1-11(2)12(7-8-16)5-6-14-18-15(19-20-14)13-4-3-9-17-10-13/h3-4,9-12H,5-8,16H2,1-2H3. The van der Waals surface area contributed by atoms with Crippen LogP contribution in [0.15, 0.2) is 29.0 Å². The first-order valence-electron chi connectivity index (χ1n) is 7.13. The van der Waals surface area contributed by atoms with Crippen LogP contribution in [0.3, 0.4) is 0 Å². The molecule has 2 aromatic rings. The van der Waals surface area contributed by atoms with Crippen molar-refractivity contribution in [2.24, 2.45) is 17.6 Å². The molecule has 0 radical (unpaired) electrons. The Morgan fingerprint density at radius 3 is 2.80 bits per heavy atom. The predicted octanol–water partition coefficient (Wildman–Crippen LogP) is 2.69. The molecular weight excluding hydrogens is 252 g/mol. The maximum absolute atomic E-state index is 5.66. The number of rotatable bonds is 7. The van der Waals surface area contributed by atoms with Crippen LogP contribution in [0.2, 0.25) is 0 Å². The summed E-state index contributed by atoms with van der Waals surface area (Å²) in [4.78, 5) is 8.48. The molecule has 0 saturated carbocycles. The molecule has 0 aliphatic rings. The molecule has 0 spiro atoms. The highest BCUT2D eigenvalue weighted by Crippen LogP contribution is 2.21. The van der Waals surface area contributed by atoms with Crippen molar-refractivity contribution in [3.8, 4) is 11.4 Å². The molecule has 0 bridgehead atoms. The first-order valence-corrected chi connectivity index (χ1v) is 7.13. The van der Waals surface area contributed by atoms with Crippen LogP contribution in [-0.2, 0) is 6.42 Å². The average molecular weight is 274 g/mol.